The number of sulfonamides is 1. The molecule has 11 heteroatoms. The Balaban J connectivity index is 1.32. The second kappa shape index (κ2) is 12.5. The fourth-order valence-corrected chi connectivity index (χ4v) is 6.14. The molecule has 2 atom stereocenters. The molecule has 2 heterocycles. The molecule has 0 bridgehead atoms. The summed E-state index contributed by atoms with van der Waals surface area (Å²) in [4.78, 5) is 31.3. The smallest absolute Gasteiger partial charge is 0.245 e. The van der Waals surface area contributed by atoms with E-state index in [0.717, 1.165) is 35.1 Å². The Morgan fingerprint density at radius 1 is 0.976 bits per heavy atom. The molecule has 1 fully saturated rings. The van der Waals surface area contributed by atoms with E-state index < -0.39 is 22.1 Å². The number of anilines is 2. The minimum atomic E-state index is -3.45. The van der Waals surface area contributed by atoms with Crippen molar-refractivity contribution in [1.82, 2.24) is 15.5 Å². The number of carbonyl (C=O) groups excluding carboxylic acids is 2. The number of nitrogens with one attached hydrogen (secondary N) is 3. The fraction of sp³-hybridized carbons (Fsp3) is 0.300. The molecule has 41 heavy (non-hydrogen) atoms. The van der Waals surface area contributed by atoms with Crippen molar-refractivity contribution in [2.45, 2.75) is 24.9 Å². The number of carbonyl (C=O) groups is 2. The highest BCUT2D eigenvalue weighted by molar-refractivity contribution is 7.92. The Hall–Kier alpha value is -3.60. The SMILES string of the molecule is CS(=O)(=O)Nc1ccccc1N1CCN(C(=O)[C@@H](Cc2ccccc2Cl)NC(=O)C2N[CH]Cc3ccccc32)CC1. The predicted octanol–water partition coefficient (Wildman–Crippen LogP) is 3.14. The summed E-state index contributed by atoms with van der Waals surface area (Å²) in [7, 11) is -3.45. The molecule has 3 aromatic rings. The highest BCUT2D eigenvalue weighted by Crippen LogP contribution is 2.28. The van der Waals surface area contributed by atoms with E-state index in [-0.39, 0.29) is 18.2 Å². The van der Waals surface area contributed by atoms with Crippen LogP contribution in [0.1, 0.15) is 22.7 Å². The van der Waals surface area contributed by atoms with Crippen molar-refractivity contribution < 1.29 is 18.0 Å². The van der Waals surface area contributed by atoms with E-state index in [1.807, 2.05) is 61.1 Å². The first-order valence-electron chi connectivity index (χ1n) is 13.5. The standard InChI is InChI=1S/C30H33ClN5O4S/c1-41(39,40)34-25-12-6-7-13-27(25)35-16-18-36(19-17-35)30(38)26(20-22-9-3-5-11-24(22)31)33-29(37)28-23-10-4-2-8-21(23)14-15-32-28/h2-13,15,26,28,32,34H,14,16-20H2,1H3,(H,33,37)/t26-,28?/m1/s1. The Morgan fingerprint density at radius 3 is 2.41 bits per heavy atom. The summed E-state index contributed by atoms with van der Waals surface area (Å²) >= 11 is 6.45. The van der Waals surface area contributed by atoms with Crippen LogP contribution in [0.15, 0.2) is 72.8 Å². The first kappa shape index (κ1) is 28.9. The van der Waals surface area contributed by atoms with Gasteiger partial charge in [-0.2, -0.15) is 0 Å². The minimum absolute atomic E-state index is 0.187. The van der Waals surface area contributed by atoms with Gasteiger partial charge in [0, 0.05) is 44.2 Å². The van der Waals surface area contributed by atoms with Crippen LogP contribution in [0.25, 0.3) is 0 Å². The van der Waals surface area contributed by atoms with Gasteiger partial charge >= 0.3 is 0 Å². The summed E-state index contributed by atoms with van der Waals surface area (Å²) < 4.78 is 26.3. The summed E-state index contributed by atoms with van der Waals surface area (Å²) in [6, 6.07) is 20.9. The molecule has 3 aromatic carbocycles. The molecule has 1 unspecified atom stereocenters. The third-order valence-electron chi connectivity index (χ3n) is 7.36. The van der Waals surface area contributed by atoms with Gasteiger partial charge in [-0.15, -0.1) is 0 Å². The van der Waals surface area contributed by atoms with Gasteiger partial charge in [0.25, 0.3) is 0 Å². The first-order chi connectivity index (χ1) is 19.7. The average Bonchev–Trinajstić information content (AvgIpc) is 2.97. The van der Waals surface area contributed by atoms with Crippen LogP contribution in [0.4, 0.5) is 11.4 Å². The lowest BCUT2D eigenvalue weighted by molar-refractivity contribution is -0.137. The average molecular weight is 595 g/mol. The van der Waals surface area contributed by atoms with Crippen LogP contribution in [0.5, 0.6) is 0 Å². The van der Waals surface area contributed by atoms with Gasteiger partial charge in [0.2, 0.25) is 21.8 Å². The molecule has 2 amide bonds. The van der Waals surface area contributed by atoms with Gasteiger partial charge in [-0.1, -0.05) is 66.2 Å². The van der Waals surface area contributed by atoms with Crippen LogP contribution in [-0.4, -0.2) is 63.6 Å². The van der Waals surface area contributed by atoms with Crippen LogP contribution < -0.4 is 20.3 Å². The lowest BCUT2D eigenvalue weighted by Crippen LogP contribution is -2.56. The summed E-state index contributed by atoms with van der Waals surface area (Å²) in [5, 5.41) is 6.73. The van der Waals surface area contributed by atoms with Crippen molar-refractivity contribution >= 4 is 44.8 Å². The Bertz CT molecular complexity index is 1520. The lowest BCUT2D eigenvalue weighted by Gasteiger charge is -2.38. The molecule has 5 rings (SSSR count). The topological polar surface area (TPSA) is 111 Å². The number of halogens is 1. The second-order valence-corrected chi connectivity index (χ2v) is 12.4. The van der Waals surface area contributed by atoms with E-state index in [0.29, 0.717) is 36.9 Å². The highest BCUT2D eigenvalue weighted by atomic mass is 35.5. The van der Waals surface area contributed by atoms with Gasteiger partial charge in [0.15, 0.2) is 0 Å². The summed E-state index contributed by atoms with van der Waals surface area (Å²) in [5.74, 6) is -0.466. The minimum Gasteiger partial charge on any atom is -0.366 e. The maximum atomic E-state index is 13.9. The van der Waals surface area contributed by atoms with Crippen molar-refractivity contribution in [3.05, 3.63) is 101 Å². The number of para-hydroxylation sites is 2. The molecular weight excluding hydrogens is 562 g/mol. The largest absolute Gasteiger partial charge is 0.366 e. The van der Waals surface area contributed by atoms with Gasteiger partial charge in [0.1, 0.15) is 12.1 Å². The Labute approximate surface area is 245 Å². The third-order valence-corrected chi connectivity index (χ3v) is 8.32. The maximum absolute atomic E-state index is 13.9. The summed E-state index contributed by atoms with van der Waals surface area (Å²) in [6.45, 7) is 3.71. The quantitative estimate of drug-likeness (QED) is 0.370. The monoisotopic (exact) mass is 594 g/mol. The molecule has 0 saturated carbocycles. The van der Waals surface area contributed by atoms with Gasteiger partial charge in [-0.25, -0.2) is 8.42 Å². The number of nitrogens with zero attached hydrogens (tertiary/aromatic N) is 2. The molecule has 0 aromatic heterocycles. The molecule has 0 aliphatic carbocycles. The number of hydrogen-bond donors (Lipinski definition) is 3. The van der Waals surface area contributed by atoms with E-state index >= 15 is 0 Å². The number of benzene rings is 3. The molecule has 2 aliphatic heterocycles. The number of amides is 2. The van der Waals surface area contributed by atoms with Crippen molar-refractivity contribution in [2.75, 3.05) is 42.1 Å². The molecule has 1 radical (unpaired) electrons. The molecule has 2 aliphatic rings. The van der Waals surface area contributed by atoms with Crippen LogP contribution in [0.2, 0.25) is 5.02 Å². The first-order valence-corrected chi connectivity index (χ1v) is 15.8. The number of hydrogen-bond acceptors (Lipinski definition) is 6. The molecule has 3 N–H and O–H groups in total. The maximum Gasteiger partial charge on any atom is 0.245 e. The van der Waals surface area contributed by atoms with E-state index in [4.69, 9.17) is 11.6 Å². The van der Waals surface area contributed by atoms with Gasteiger partial charge < -0.3 is 15.1 Å². The third kappa shape index (κ3) is 7.01. The second-order valence-electron chi connectivity index (χ2n) is 10.3. The van der Waals surface area contributed by atoms with E-state index in [1.54, 1.807) is 23.1 Å². The number of rotatable bonds is 8. The van der Waals surface area contributed by atoms with Gasteiger partial charge in [0.05, 0.1) is 17.6 Å². The van der Waals surface area contributed by atoms with Crippen LogP contribution >= 0.6 is 11.6 Å². The predicted molar refractivity (Wildman–Crippen MR) is 161 cm³/mol. The zero-order chi connectivity index (χ0) is 29.0. The van der Waals surface area contributed by atoms with Crippen molar-refractivity contribution in [2.24, 2.45) is 0 Å². The van der Waals surface area contributed by atoms with Crippen molar-refractivity contribution in [1.29, 1.82) is 0 Å². The van der Waals surface area contributed by atoms with E-state index in [9.17, 15) is 18.0 Å². The van der Waals surface area contributed by atoms with Gasteiger partial charge in [-0.3, -0.25) is 19.6 Å². The zero-order valence-corrected chi connectivity index (χ0v) is 24.3. The van der Waals surface area contributed by atoms with Crippen LogP contribution in [-0.2, 0) is 32.5 Å². The zero-order valence-electron chi connectivity index (χ0n) is 22.7. The summed E-state index contributed by atoms with van der Waals surface area (Å²) in [6.07, 6.45) is 2.09. The number of fused-ring (bicyclic) bond motifs is 1. The van der Waals surface area contributed by atoms with Crippen molar-refractivity contribution in [3.8, 4) is 0 Å². The summed E-state index contributed by atoms with van der Waals surface area (Å²) in [5.41, 5.74) is 3.99. The van der Waals surface area contributed by atoms with Gasteiger partial charge in [-0.05, 0) is 41.3 Å². The normalized spacial score (nSPS) is 17.9. The lowest BCUT2D eigenvalue weighted by atomic mass is 9.93. The molecule has 1 saturated heterocycles. The Kier molecular flexibility index (Phi) is 8.82. The van der Waals surface area contributed by atoms with Crippen molar-refractivity contribution in [3.63, 3.8) is 0 Å². The van der Waals surface area contributed by atoms with Crippen LogP contribution in [0, 0.1) is 6.54 Å². The number of piperazine rings is 1. The van der Waals surface area contributed by atoms with Crippen LogP contribution in [0.3, 0.4) is 0 Å². The molecule has 0 spiro atoms. The Morgan fingerprint density at radius 2 is 1.66 bits per heavy atom. The molecule has 9 nitrogen and oxygen atoms in total. The molecule has 215 valence electrons. The fourth-order valence-electron chi connectivity index (χ4n) is 5.36. The highest BCUT2D eigenvalue weighted by Gasteiger charge is 2.33. The molecular formula is C30H33ClN5O4S. The van der Waals surface area contributed by atoms with E-state index in [1.165, 1.54) is 0 Å². The van der Waals surface area contributed by atoms with E-state index in [2.05, 4.69) is 20.3 Å².